The Labute approximate surface area is 170 Å². The monoisotopic (exact) mass is 447 g/mol. The first-order valence-corrected chi connectivity index (χ1v) is 8.96. The maximum Gasteiger partial charge on any atom is 0.363 e. The molecule has 1 heterocycles. The SMILES string of the molecule is COc1ccc(Br)cc1/C=C1\N=C(c2cc(OC)c(OC)c(OC)c2)OC1=O. The topological polar surface area (TPSA) is 75.6 Å². The van der Waals surface area contributed by atoms with E-state index in [-0.39, 0.29) is 11.6 Å². The predicted octanol–water partition coefficient (Wildman–Crippen LogP) is 3.83. The minimum Gasteiger partial charge on any atom is -0.496 e. The second-order valence-electron chi connectivity index (χ2n) is 5.64. The summed E-state index contributed by atoms with van der Waals surface area (Å²) in [7, 11) is 6.09. The minimum absolute atomic E-state index is 0.143. The molecule has 7 nitrogen and oxygen atoms in total. The minimum atomic E-state index is -0.564. The van der Waals surface area contributed by atoms with Gasteiger partial charge in [0.1, 0.15) is 5.75 Å². The summed E-state index contributed by atoms with van der Waals surface area (Å²) in [5.41, 5.74) is 1.37. The molecule has 0 radical (unpaired) electrons. The molecule has 0 aromatic heterocycles. The molecule has 1 aliphatic heterocycles. The smallest absolute Gasteiger partial charge is 0.363 e. The molecule has 3 rings (SSSR count). The van der Waals surface area contributed by atoms with Gasteiger partial charge in [0.2, 0.25) is 11.6 Å². The quantitative estimate of drug-likeness (QED) is 0.494. The van der Waals surface area contributed by atoms with Crippen LogP contribution in [0.1, 0.15) is 11.1 Å². The van der Waals surface area contributed by atoms with Gasteiger partial charge in [0.25, 0.3) is 0 Å². The van der Waals surface area contributed by atoms with Crippen molar-refractivity contribution in [2.75, 3.05) is 28.4 Å². The van der Waals surface area contributed by atoms with Crippen LogP contribution in [0.25, 0.3) is 6.08 Å². The molecule has 0 spiro atoms. The Balaban J connectivity index is 2.04. The van der Waals surface area contributed by atoms with Gasteiger partial charge in [-0.15, -0.1) is 0 Å². The molecule has 0 unspecified atom stereocenters. The molecular weight excluding hydrogens is 430 g/mol. The summed E-state index contributed by atoms with van der Waals surface area (Å²) in [6.07, 6.45) is 1.61. The lowest BCUT2D eigenvalue weighted by Gasteiger charge is -2.13. The van der Waals surface area contributed by atoms with E-state index in [1.807, 2.05) is 12.1 Å². The van der Waals surface area contributed by atoms with E-state index in [9.17, 15) is 4.79 Å². The summed E-state index contributed by atoms with van der Waals surface area (Å²) in [6.45, 7) is 0. The molecule has 0 saturated carbocycles. The molecule has 2 aromatic carbocycles. The highest BCUT2D eigenvalue weighted by molar-refractivity contribution is 9.10. The van der Waals surface area contributed by atoms with E-state index in [1.165, 1.54) is 21.3 Å². The highest BCUT2D eigenvalue weighted by Crippen LogP contribution is 2.39. The van der Waals surface area contributed by atoms with Crippen molar-refractivity contribution in [2.24, 2.45) is 4.99 Å². The van der Waals surface area contributed by atoms with Crippen molar-refractivity contribution in [3.8, 4) is 23.0 Å². The summed E-state index contributed by atoms with van der Waals surface area (Å²) < 4.78 is 27.5. The zero-order valence-corrected chi connectivity index (χ0v) is 17.3. The molecule has 146 valence electrons. The number of halogens is 1. The normalized spacial score (nSPS) is 14.5. The van der Waals surface area contributed by atoms with Gasteiger partial charge >= 0.3 is 5.97 Å². The second-order valence-corrected chi connectivity index (χ2v) is 6.55. The summed E-state index contributed by atoms with van der Waals surface area (Å²) in [5, 5.41) is 0. The van der Waals surface area contributed by atoms with Crippen molar-refractivity contribution in [1.82, 2.24) is 0 Å². The van der Waals surface area contributed by atoms with Crippen molar-refractivity contribution >= 4 is 33.9 Å². The number of rotatable bonds is 6. The number of aliphatic imine (C=N–C) groups is 1. The van der Waals surface area contributed by atoms with Crippen LogP contribution in [0.4, 0.5) is 0 Å². The standard InChI is InChI=1S/C20H18BrNO6/c1-24-15-6-5-13(21)7-11(15)8-14-20(23)28-19(22-14)12-9-16(25-2)18(27-4)17(10-12)26-3/h5-10H,1-4H3/b14-8-. The molecule has 0 aliphatic carbocycles. The van der Waals surface area contributed by atoms with Gasteiger partial charge in [-0.3, -0.25) is 0 Å². The molecule has 0 saturated heterocycles. The maximum absolute atomic E-state index is 12.3. The first-order chi connectivity index (χ1) is 13.5. The molecule has 1 aliphatic rings. The number of hydrogen-bond donors (Lipinski definition) is 0. The summed E-state index contributed by atoms with van der Waals surface area (Å²) in [4.78, 5) is 16.7. The Morgan fingerprint density at radius 3 is 2.14 bits per heavy atom. The lowest BCUT2D eigenvalue weighted by molar-refractivity contribution is -0.129. The van der Waals surface area contributed by atoms with E-state index in [0.717, 1.165) is 4.47 Å². The van der Waals surface area contributed by atoms with Gasteiger partial charge in [0.15, 0.2) is 17.2 Å². The van der Waals surface area contributed by atoms with Crippen LogP contribution in [-0.4, -0.2) is 40.3 Å². The van der Waals surface area contributed by atoms with Crippen LogP contribution < -0.4 is 18.9 Å². The molecule has 0 bridgehead atoms. The fourth-order valence-electron chi connectivity index (χ4n) is 2.70. The van der Waals surface area contributed by atoms with Crippen LogP contribution in [0.5, 0.6) is 23.0 Å². The number of esters is 1. The van der Waals surface area contributed by atoms with Crippen molar-refractivity contribution in [3.63, 3.8) is 0 Å². The summed E-state index contributed by atoms with van der Waals surface area (Å²) in [6, 6.07) is 8.79. The molecular formula is C20H18BrNO6. The lowest BCUT2D eigenvalue weighted by Crippen LogP contribution is -2.07. The van der Waals surface area contributed by atoms with Crippen molar-refractivity contribution in [2.45, 2.75) is 0 Å². The average molecular weight is 448 g/mol. The number of methoxy groups -OCH3 is 4. The van der Waals surface area contributed by atoms with Crippen molar-refractivity contribution < 1.29 is 28.5 Å². The highest BCUT2D eigenvalue weighted by atomic mass is 79.9. The van der Waals surface area contributed by atoms with Gasteiger partial charge in [-0.1, -0.05) is 15.9 Å². The second kappa shape index (κ2) is 8.35. The van der Waals surface area contributed by atoms with Crippen LogP contribution in [0.3, 0.4) is 0 Å². The Hall–Kier alpha value is -3.00. The predicted molar refractivity (Wildman–Crippen MR) is 107 cm³/mol. The van der Waals surface area contributed by atoms with Gasteiger partial charge < -0.3 is 23.7 Å². The fourth-order valence-corrected chi connectivity index (χ4v) is 3.08. The van der Waals surface area contributed by atoms with E-state index in [1.54, 1.807) is 31.4 Å². The van der Waals surface area contributed by atoms with Crippen LogP contribution in [0, 0.1) is 0 Å². The van der Waals surface area contributed by atoms with Crippen LogP contribution >= 0.6 is 15.9 Å². The van der Waals surface area contributed by atoms with E-state index >= 15 is 0 Å². The Morgan fingerprint density at radius 1 is 0.929 bits per heavy atom. The maximum atomic E-state index is 12.3. The number of nitrogens with zero attached hydrogens (tertiary/aromatic N) is 1. The third-order valence-electron chi connectivity index (χ3n) is 4.02. The molecule has 28 heavy (non-hydrogen) atoms. The van der Waals surface area contributed by atoms with Crippen LogP contribution in [0.15, 0.2) is 45.5 Å². The van der Waals surface area contributed by atoms with Gasteiger partial charge in [-0.05, 0) is 36.4 Å². The fraction of sp³-hybridized carbons (Fsp3) is 0.200. The zero-order chi connectivity index (χ0) is 20.3. The molecule has 0 atom stereocenters. The van der Waals surface area contributed by atoms with Crippen molar-refractivity contribution in [1.29, 1.82) is 0 Å². The largest absolute Gasteiger partial charge is 0.496 e. The summed E-state index contributed by atoms with van der Waals surface area (Å²) in [5.74, 6) is 1.49. The third-order valence-corrected chi connectivity index (χ3v) is 4.51. The average Bonchev–Trinajstić information content (AvgIpc) is 3.07. The molecule has 0 fully saturated rings. The lowest BCUT2D eigenvalue weighted by atomic mass is 10.1. The van der Waals surface area contributed by atoms with E-state index < -0.39 is 5.97 Å². The van der Waals surface area contributed by atoms with Gasteiger partial charge in [-0.2, -0.15) is 0 Å². The van der Waals surface area contributed by atoms with E-state index in [2.05, 4.69) is 20.9 Å². The number of carbonyl (C=O) groups is 1. The third kappa shape index (κ3) is 3.82. The van der Waals surface area contributed by atoms with Gasteiger partial charge in [-0.25, -0.2) is 9.79 Å². The Kier molecular flexibility index (Phi) is 5.89. The number of carbonyl (C=O) groups excluding carboxylic acids is 1. The molecule has 0 N–H and O–H groups in total. The first kappa shape index (κ1) is 19.8. The Morgan fingerprint density at radius 2 is 1.57 bits per heavy atom. The zero-order valence-electron chi connectivity index (χ0n) is 15.7. The molecule has 0 amide bonds. The van der Waals surface area contributed by atoms with Gasteiger partial charge in [0, 0.05) is 15.6 Å². The van der Waals surface area contributed by atoms with Crippen molar-refractivity contribution in [3.05, 3.63) is 51.6 Å². The summed E-state index contributed by atoms with van der Waals surface area (Å²) >= 11 is 3.41. The highest BCUT2D eigenvalue weighted by Gasteiger charge is 2.27. The van der Waals surface area contributed by atoms with E-state index in [0.29, 0.717) is 34.1 Å². The Bertz CT molecular complexity index is 958. The molecule has 8 heteroatoms. The number of hydrogen-bond acceptors (Lipinski definition) is 7. The first-order valence-electron chi connectivity index (χ1n) is 8.17. The number of benzene rings is 2. The number of cyclic esters (lactones) is 1. The van der Waals surface area contributed by atoms with Gasteiger partial charge in [0.05, 0.1) is 28.4 Å². The van der Waals surface area contributed by atoms with E-state index in [4.69, 9.17) is 23.7 Å². The number of ether oxygens (including phenoxy) is 5. The molecule has 2 aromatic rings. The van der Waals surface area contributed by atoms with Crippen LogP contribution in [0.2, 0.25) is 0 Å². The van der Waals surface area contributed by atoms with Crippen LogP contribution in [-0.2, 0) is 9.53 Å².